The Hall–Kier alpha value is -3.32. The molecule has 31 heavy (non-hydrogen) atoms. The number of hydrogen-bond donors (Lipinski definition) is 1. The first kappa shape index (κ1) is 22.4. The number of hydrogen-bond acceptors (Lipinski definition) is 4. The number of nitrogens with zero attached hydrogens (tertiary/aromatic N) is 1. The number of sulfonamides is 1. The maximum absolute atomic E-state index is 13.4. The van der Waals surface area contributed by atoms with Crippen molar-refractivity contribution in [2.45, 2.75) is 25.7 Å². The van der Waals surface area contributed by atoms with Gasteiger partial charge in [-0.1, -0.05) is 24.3 Å². The molecule has 1 amide bonds. The predicted octanol–water partition coefficient (Wildman–Crippen LogP) is 4.54. The van der Waals surface area contributed by atoms with E-state index < -0.39 is 15.9 Å². The monoisotopic (exact) mass is 438 g/mol. The zero-order valence-corrected chi connectivity index (χ0v) is 18.6. The van der Waals surface area contributed by atoms with Crippen molar-refractivity contribution >= 4 is 27.3 Å². The molecule has 0 fully saturated rings. The lowest BCUT2D eigenvalue weighted by atomic mass is 10.1. The summed E-state index contributed by atoms with van der Waals surface area (Å²) in [5.74, 6) is 0.256. The number of benzene rings is 3. The molecule has 3 aromatic carbocycles. The summed E-state index contributed by atoms with van der Waals surface area (Å²) in [5.41, 5.74) is 2.83. The number of amides is 1. The van der Waals surface area contributed by atoms with Gasteiger partial charge in [0.2, 0.25) is 5.91 Å². The number of carbonyl (C=O) groups excluding carboxylic acids is 1. The molecule has 0 unspecified atom stereocenters. The lowest BCUT2D eigenvalue weighted by Gasteiger charge is -2.25. The van der Waals surface area contributed by atoms with Crippen LogP contribution in [-0.2, 0) is 14.8 Å². The van der Waals surface area contributed by atoms with Crippen LogP contribution in [0.25, 0.3) is 0 Å². The molecule has 0 saturated heterocycles. The van der Waals surface area contributed by atoms with Crippen LogP contribution in [0.15, 0.2) is 77.7 Å². The number of carbonyl (C=O) groups is 1. The van der Waals surface area contributed by atoms with Gasteiger partial charge in [-0.2, -0.15) is 0 Å². The van der Waals surface area contributed by atoms with Gasteiger partial charge in [0, 0.05) is 5.69 Å². The van der Waals surface area contributed by atoms with E-state index >= 15 is 0 Å². The first-order valence-corrected chi connectivity index (χ1v) is 11.4. The Morgan fingerprint density at radius 2 is 1.55 bits per heavy atom. The summed E-state index contributed by atoms with van der Waals surface area (Å²) in [6, 6.07) is 20.5. The fourth-order valence-corrected chi connectivity index (χ4v) is 4.69. The molecule has 0 spiro atoms. The van der Waals surface area contributed by atoms with E-state index in [-0.39, 0.29) is 11.4 Å². The molecule has 0 radical (unpaired) electrons. The van der Waals surface area contributed by atoms with Crippen LogP contribution in [0.4, 0.5) is 11.4 Å². The van der Waals surface area contributed by atoms with Gasteiger partial charge in [0.05, 0.1) is 17.2 Å². The molecular formula is C24H26N2O4S. The van der Waals surface area contributed by atoms with E-state index in [9.17, 15) is 13.2 Å². The zero-order chi connectivity index (χ0) is 22.4. The molecule has 0 bridgehead atoms. The lowest BCUT2D eigenvalue weighted by Crippen LogP contribution is -2.38. The van der Waals surface area contributed by atoms with Crippen molar-refractivity contribution in [2.75, 3.05) is 22.8 Å². The van der Waals surface area contributed by atoms with Gasteiger partial charge in [0.15, 0.2) is 0 Å². The average Bonchev–Trinajstić information content (AvgIpc) is 2.73. The highest BCUT2D eigenvalue weighted by Crippen LogP contribution is 2.26. The van der Waals surface area contributed by atoms with Crippen LogP contribution in [0.2, 0.25) is 0 Å². The van der Waals surface area contributed by atoms with Crippen LogP contribution >= 0.6 is 0 Å². The second-order valence-electron chi connectivity index (χ2n) is 7.18. The Bertz CT molecular complexity index is 1120. The Balaban J connectivity index is 1.90. The van der Waals surface area contributed by atoms with E-state index in [4.69, 9.17) is 4.74 Å². The maximum Gasteiger partial charge on any atom is 0.264 e. The Morgan fingerprint density at radius 3 is 2.13 bits per heavy atom. The van der Waals surface area contributed by atoms with Crippen LogP contribution < -0.4 is 14.4 Å². The SMILES string of the molecule is CCOc1ccc(NC(=O)CN(c2cc(C)cc(C)c2)S(=O)(=O)c2ccccc2)cc1. The van der Waals surface area contributed by atoms with Crippen molar-refractivity contribution in [3.63, 3.8) is 0 Å². The van der Waals surface area contributed by atoms with Crippen molar-refractivity contribution in [1.29, 1.82) is 0 Å². The molecule has 6 nitrogen and oxygen atoms in total. The number of anilines is 2. The van der Waals surface area contributed by atoms with Crippen molar-refractivity contribution in [2.24, 2.45) is 0 Å². The van der Waals surface area contributed by atoms with Crippen molar-refractivity contribution in [3.8, 4) is 5.75 Å². The minimum atomic E-state index is -3.94. The van der Waals surface area contributed by atoms with Gasteiger partial charge in [0.1, 0.15) is 12.3 Å². The number of aryl methyl sites for hydroxylation is 2. The molecule has 0 heterocycles. The molecule has 3 rings (SSSR count). The second-order valence-corrected chi connectivity index (χ2v) is 9.04. The van der Waals surface area contributed by atoms with Crippen molar-refractivity contribution < 1.29 is 17.9 Å². The third-order valence-electron chi connectivity index (χ3n) is 4.56. The van der Waals surface area contributed by atoms with Crippen molar-refractivity contribution in [1.82, 2.24) is 0 Å². The van der Waals surface area contributed by atoms with E-state index in [1.54, 1.807) is 54.6 Å². The van der Waals surface area contributed by atoms with Gasteiger partial charge < -0.3 is 10.1 Å². The Labute approximate surface area is 183 Å². The first-order chi connectivity index (χ1) is 14.8. The van der Waals surface area contributed by atoms with E-state index in [0.29, 0.717) is 23.7 Å². The minimum absolute atomic E-state index is 0.128. The van der Waals surface area contributed by atoms with Gasteiger partial charge in [-0.15, -0.1) is 0 Å². The number of ether oxygens (including phenoxy) is 1. The van der Waals surface area contributed by atoms with E-state index in [0.717, 1.165) is 15.4 Å². The van der Waals surface area contributed by atoms with Gasteiger partial charge in [0.25, 0.3) is 10.0 Å². The third kappa shape index (κ3) is 5.64. The van der Waals surface area contributed by atoms with Crippen LogP contribution in [0.5, 0.6) is 5.75 Å². The molecule has 0 aliphatic rings. The van der Waals surface area contributed by atoms with Gasteiger partial charge in [-0.05, 0) is 80.4 Å². The first-order valence-electron chi connectivity index (χ1n) is 9.98. The molecule has 3 aromatic rings. The minimum Gasteiger partial charge on any atom is -0.494 e. The largest absolute Gasteiger partial charge is 0.494 e. The number of nitrogens with one attached hydrogen (secondary N) is 1. The smallest absolute Gasteiger partial charge is 0.264 e. The highest BCUT2D eigenvalue weighted by molar-refractivity contribution is 7.92. The standard InChI is InChI=1S/C24H26N2O4S/c1-4-30-22-12-10-20(11-13-22)25-24(27)17-26(21-15-18(2)14-19(3)16-21)31(28,29)23-8-6-5-7-9-23/h5-16H,4,17H2,1-3H3,(H,25,27). The van der Waals surface area contributed by atoms with Crippen LogP contribution in [0.3, 0.4) is 0 Å². The molecule has 162 valence electrons. The normalized spacial score (nSPS) is 11.1. The van der Waals surface area contributed by atoms with E-state index in [2.05, 4.69) is 5.32 Å². The summed E-state index contributed by atoms with van der Waals surface area (Å²) >= 11 is 0. The molecular weight excluding hydrogens is 412 g/mol. The third-order valence-corrected chi connectivity index (χ3v) is 6.35. The molecule has 1 N–H and O–H groups in total. The topological polar surface area (TPSA) is 75.7 Å². The number of rotatable bonds is 8. The molecule has 0 aromatic heterocycles. The molecule has 0 atom stereocenters. The summed E-state index contributed by atoms with van der Waals surface area (Å²) in [4.78, 5) is 12.9. The second kappa shape index (κ2) is 9.66. The lowest BCUT2D eigenvalue weighted by molar-refractivity contribution is -0.114. The Morgan fingerprint density at radius 1 is 0.935 bits per heavy atom. The van der Waals surface area contributed by atoms with Crippen LogP contribution in [0, 0.1) is 13.8 Å². The zero-order valence-electron chi connectivity index (χ0n) is 17.8. The fraction of sp³-hybridized carbons (Fsp3) is 0.208. The Kier molecular flexibility index (Phi) is 6.97. The summed E-state index contributed by atoms with van der Waals surface area (Å²) in [7, 11) is -3.94. The predicted molar refractivity (Wildman–Crippen MR) is 123 cm³/mol. The van der Waals surface area contributed by atoms with Crippen LogP contribution in [-0.4, -0.2) is 27.5 Å². The van der Waals surface area contributed by atoms with Crippen LogP contribution in [0.1, 0.15) is 18.1 Å². The summed E-state index contributed by atoms with van der Waals surface area (Å²) in [6.45, 7) is 5.87. The summed E-state index contributed by atoms with van der Waals surface area (Å²) < 4.78 is 33.3. The molecule has 7 heteroatoms. The van der Waals surface area contributed by atoms with E-state index in [1.165, 1.54) is 12.1 Å². The highest BCUT2D eigenvalue weighted by atomic mass is 32.2. The molecule has 0 saturated carbocycles. The van der Waals surface area contributed by atoms with Gasteiger partial charge >= 0.3 is 0 Å². The van der Waals surface area contributed by atoms with Gasteiger partial charge in [-0.3, -0.25) is 9.10 Å². The summed E-state index contributed by atoms with van der Waals surface area (Å²) in [5, 5.41) is 2.76. The fourth-order valence-electron chi connectivity index (χ4n) is 3.26. The highest BCUT2D eigenvalue weighted by Gasteiger charge is 2.27. The van der Waals surface area contributed by atoms with Gasteiger partial charge in [-0.25, -0.2) is 8.42 Å². The van der Waals surface area contributed by atoms with Crippen molar-refractivity contribution in [3.05, 3.63) is 83.9 Å². The molecule has 0 aliphatic carbocycles. The van der Waals surface area contributed by atoms with E-state index in [1.807, 2.05) is 26.8 Å². The summed E-state index contributed by atoms with van der Waals surface area (Å²) in [6.07, 6.45) is 0. The quantitative estimate of drug-likeness (QED) is 0.560. The maximum atomic E-state index is 13.4. The average molecular weight is 439 g/mol. The molecule has 0 aliphatic heterocycles.